The van der Waals surface area contributed by atoms with Gasteiger partial charge in [0.1, 0.15) is 0 Å². The van der Waals surface area contributed by atoms with Gasteiger partial charge in [-0.25, -0.2) is 0 Å². The molecule has 0 N–H and O–H groups in total. The number of rotatable bonds is 3. The Morgan fingerprint density at radius 2 is 1.58 bits per heavy atom. The van der Waals surface area contributed by atoms with Crippen LogP contribution in [0.4, 0.5) is 0 Å². The van der Waals surface area contributed by atoms with Gasteiger partial charge in [0.2, 0.25) is 11.8 Å². The van der Waals surface area contributed by atoms with E-state index < -0.39 is 0 Å². The van der Waals surface area contributed by atoms with E-state index in [1.54, 1.807) is 14.2 Å². The van der Waals surface area contributed by atoms with E-state index in [1.807, 2.05) is 6.92 Å². The van der Waals surface area contributed by atoms with E-state index in [0.29, 0.717) is 11.8 Å². The standard InChI is InChI=1S/C7H11N3O2/c1-4-5-6(11-2)8-10-9-7(5)12-3/h4H2,1-3H3. The lowest BCUT2D eigenvalue weighted by molar-refractivity contribution is 0.350. The highest BCUT2D eigenvalue weighted by Crippen LogP contribution is 2.22. The predicted molar refractivity (Wildman–Crippen MR) is 42.3 cm³/mol. The number of nitrogens with zero attached hydrogens (tertiary/aromatic N) is 3. The topological polar surface area (TPSA) is 57.1 Å². The van der Waals surface area contributed by atoms with E-state index in [-0.39, 0.29) is 0 Å². The molecule has 0 aliphatic rings. The van der Waals surface area contributed by atoms with E-state index in [4.69, 9.17) is 9.47 Å². The van der Waals surface area contributed by atoms with Gasteiger partial charge in [-0.3, -0.25) is 0 Å². The lowest BCUT2D eigenvalue weighted by atomic mass is 10.2. The van der Waals surface area contributed by atoms with Crippen LogP contribution in [0.3, 0.4) is 0 Å². The molecule has 0 aliphatic carbocycles. The van der Waals surface area contributed by atoms with Gasteiger partial charge in [-0.2, -0.15) is 0 Å². The summed E-state index contributed by atoms with van der Waals surface area (Å²) in [4.78, 5) is 0. The number of hydrogen-bond acceptors (Lipinski definition) is 5. The highest BCUT2D eigenvalue weighted by molar-refractivity contribution is 5.32. The van der Waals surface area contributed by atoms with Crippen LogP contribution < -0.4 is 9.47 Å². The van der Waals surface area contributed by atoms with Crippen LogP contribution in [0.5, 0.6) is 11.8 Å². The minimum absolute atomic E-state index is 0.476. The van der Waals surface area contributed by atoms with E-state index in [9.17, 15) is 0 Å². The summed E-state index contributed by atoms with van der Waals surface area (Å²) in [7, 11) is 3.09. The van der Waals surface area contributed by atoms with E-state index in [1.165, 1.54) is 0 Å². The van der Waals surface area contributed by atoms with Gasteiger partial charge in [-0.15, -0.1) is 0 Å². The molecule has 0 spiro atoms. The zero-order chi connectivity index (χ0) is 8.97. The van der Waals surface area contributed by atoms with Crippen LogP contribution in [-0.4, -0.2) is 29.6 Å². The summed E-state index contributed by atoms with van der Waals surface area (Å²) in [6.45, 7) is 1.98. The summed E-state index contributed by atoms with van der Waals surface area (Å²) >= 11 is 0. The third-order valence-corrected chi connectivity index (χ3v) is 1.53. The first kappa shape index (κ1) is 8.70. The Bertz CT molecular complexity index is 243. The molecule has 5 heteroatoms. The summed E-state index contributed by atoms with van der Waals surface area (Å²) < 4.78 is 9.97. The van der Waals surface area contributed by atoms with Gasteiger partial charge in [-0.05, 0) is 11.6 Å². The predicted octanol–water partition coefficient (Wildman–Crippen LogP) is 0.451. The molecule has 1 rings (SSSR count). The van der Waals surface area contributed by atoms with Crippen molar-refractivity contribution in [3.63, 3.8) is 0 Å². The third-order valence-electron chi connectivity index (χ3n) is 1.53. The van der Waals surface area contributed by atoms with Crippen molar-refractivity contribution >= 4 is 0 Å². The molecule has 0 aliphatic heterocycles. The lowest BCUT2D eigenvalue weighted by Gasteiger charge is -2.06. The van der Waals surface area contributed by atoms with Crippen molar-refractivity contribution < 1.29 is 9.47 Å². The molecule has 0 saturated heterocycles. The zero-order valence-corrected chi connectivity index (χ0v) is 7.37. The van der Waals surface area contributed by atoms with Gasteiger partial charge < -0.3 is 9.47 Å². The van der Waals surface area contributed by atoms with Crippen LogP contribution in [0.2, 0.25) is 0 Å². The Kier molecular flexibility index (Phi) is 2.79. The largest absolute Gasteiger partial charge is 0.480 e. The average Bonchev–Trinajstić information content (AvgIpc) is 2.16. The Morgan fingerprint density at radius 3 is 1.92 bits per heavy atom. The van der Waals surface area contributed by atoms with E-state index in [0.717, 1.165) is 12.0 Å². The molecule has 0 fully saturated rings. The van der Waals surface area contributed by atoms with Gasteiger partial charge in [0.15, 0.2) is 0 Å². The molecule has 0 atom stereocenters. The molecule has 5 nitrogen and oxygen atoms in total. The van der Waals surface area contributed by atoms with E-state index in [2.05, 4.69) is 15.4 Å². The van der Waals surface area contributed by atoms with Gasteiger partial charge in [0.25, 0.3) is 0 Å². The van der Waals surface area contributed by atoms with Crippen molar-refractivity contribution in [2.45, 2.75) is 13.3 Å². The third kappa shape index (κ3) is 1.44. The molecule has 0 aromatic carbocycles. The number of ether oxygens (including phenoxy) is 2. The molecule has 0 bridgehead atoms. The SMILES string of the molecule is CCc1c(OC)nnnc1OC. The molecule has 1 heterocycles. The van der Waals surface area contributed by atoms with Crippen LogP contribution in [0.25, 0.3) is 0 Å². The summed E-state index contributed by atoms with van der Waals surface area (Å²) in [5.74, 6) is 0.953. The Labute approximate surface area is 70.7 Å². The quantitative estimate of drug-likeness (QED) is 0.657. The average molecular weight is 169 g/mol. The Hall–Kier alpha value is -1.39. The van der Waals surface area contributed by atoms with Crippen LogP contribution in [0.1, 0.15) is 12.5 Å². The van der Waals surface area contributed by atoms with Crippen LogP contribution >= 0.6 is 0 Å². The Balaban J connectivity index is 3.13. The minimum atomic E-state index is 0.476. The molecule has 0 amide bonds. The van der Waals surface area contributed by atoms with Crippen molar-refractivity contribution in [1.82, 2.24) is 15.4 Å². The maximum atomic E-state index is 4.99. The van der Waals surface area contributed by atoms with Gasteiger partial charge in [-0.1, -0.05) is 17.1 Å². The summed E-state index contributed by atoms with van der Waals surface area (Å²) in [6.07, 6.45) is 0.759. The lowest BCUT2D eigenvalue weighted by Crippen LogP contribution is -2.02. The first-order valence-corrected chi connectivity index (χ1v) is 3.63. The molecule has 66 valence electrons. The summed E-state index contributed by atoms with van der Waals surface area (Å²) in [5, 5.41) is 10.9. The highest BCUT2D eigenvalue weighted by atomic mass is 16.5. The molecule has 0 unspecified atom stereocenters. The molecular weight excluding hydrogens is 158 g/mol. The van der Waals surface area contributed by atoms with Crippen molar-refractivity contribution in [1.29, 1.82) is 0 Å². The number of aromatic nitrogens is 3. The summed E-state index contributed by atoms with van der Waals surface area (Å²) in [6, 6.07) is 0. The fraction of sp³-hybridized carbons (Fsp3) is 0.571. The second-order valence-electron chi connectivity index (χ2n) is 2.14. The Morgan fingerprint density at radius 1 is 1.08 bits per heavy atom. The fourth-order valence-corrected chi connectivity index (χ4v) is 0.946. The van der Waals surface area contributed by atoms with Crippen molar-refractivity contribution in [2.75, 3.05) is 14.2 Å². The van der Waals surface area contributed by atoms with Gasteiger partial charge >= 0.3 is 0 Å². The van der Waals surface area contributed by atoms with Crippen LogP contribution in [-0.2, 0) is 6.42 Å². The normalized spacial score (nSPS) is 9.58. The zero-order valence-electron chi connectivity index (χ0n) is 7.37. The first-order valence-electron chi connectivity index (χ1n) is 3.63. The molecule has 1 aromatic heterocycles. The first-order chi connectivity index (χ1) is 5.83. The monoisotopic (exact) mass is 169 g/mol. The highest BCUT2D eigenvalue weighted by Gasteiger charge is 2.10. The van der Waals surface area contributed by atoms with Gasteiger partial charge in [0, 0.05) is 0 Å². The maximum absolute atomic E-state index is 4.99. The van der Waals surface area contributed by atoms with Crippen molar-refractivity contribution in [2.24, 2.45) is 0 Å². The van der Waals surface area contributed by atoms with Crippen LogP contribution in [0, 0.1) is 0 Å². The maximum Gasteiger partial charge on any atom is 0.243 e. The second kappa shape index (κ2) is 3.85. The molecular formula is C7H11N3O2. The number of methoxy groups -OCH3 is 2. The van der Waals surface area contributed by atoms with E-state index >= 15 is 0 Å². The second-order valence-corrected chi connectivity index (χ2v) is 2.14. The van der Waals surface area contributed by atoms with Crippen LogP contribution in [0.15, 0.2) is 0 Å². The number of hydrogen-bond donors (Lipinski definition) is 0. The molecule has 12 heavy (non-hydrogen) atoms. The molecule has 1 aromatic rings. The van der Waals surface area contributed by atoms with Crippen molar-refractivity contribution in [3.8, 4) is 11.8 Å². The van der Waals surface area contributed by atoms with Crippen molar-refractivity contribution in [3.05, 3.63) is 5.56 Å². The van der Waals surface area contributed by atoms with Gasteiger partial charge in [0.05, 0.1) is 19.8 Å². The fourth-order valence-electron chi connectivity index (χ4n) is 0.946. The summed E-state index contributed by atoms with van der Waals surface area (Å²) in [5.41, 5.74) is 0.843. The molecule has 0 saturated carbocycles. The molecule has 0 radical (unpaired) electrons. The smallest absolute Gasteiger partial charge is 0.243 e. The minimum Gasteiger partial charge on any atom is -0.480 e.